The largest absolute Gasteiger partial charge is 0.491 e. The highest BCUT2D eigenvalue weighted by Gasteiger charge is 2.17. The molecule has 0 amide bonds. The summed E-state index contributed by atoms with van der Waals surface area (Å²) in [5, 5.41) is 9.09. The normalized spacial score (nSPS) is 10.2. The lowest BCUT2D eigenvalue weighted by molar-refractivity contribution is 0.340. The van der Waals surface area contributed by atoms with Gasteiger partial charge in [0.05, 0.1) is 18.4 Å². The maximum absolute atomic E-state index is 9.09. The Morgan fingerprint density at radius 2 is 1.42 bits per heavy atom. The number of ether oxygens (including phenoxy) is 1. The van der Waals surface area contributed by atoms with Crippen molar-refractivity contribution in [2.45, 2.75) is 20.0 Å². The van der Waals surface area contributed by atoms with Crippen molar-refractivity contribution in [2.24, 2.45) is 0 Å². The average Bonchev–Trinajstić information content (AvgIpc) is 2.69. The van der Waals surface area contributed by atoms with Crippen LogP contribution in [0.2, 0.25) is 0 Å². The Morgan fingerprint density at radius 1 is 0.846 bits per heavy atom. The smallest absolute Gasteiger partial charge is 0.388 e. The van der Waals surface area contributed by atoms with Crippen LogP contribution in [0.5, 0.6) is 5.75 Å². The summed E-state index contributed by atoms with van der Waals surface area (Å²) in [6.07, 6.45) is 0. The molecule has 0 N–H and O–H groups in total. The molecule has 0 spiro atoms. The van der Waals surface area contributed by atoms with Gasteiger partial charge in [-0.25, -0.2) is 0 Å². The minimum absolute atomic E-state index is 0.483. The van der Waals surface area contributed by atoms with E-state index in [0.717, 1.165) is 24.5 Å². The van der Waals surface area contributed by atoms with Gasteiger partial charge in [0.15, 0.2) is 10.7 Å². The summed E-state index contributed by atoms with van der Waals surface area (Å²) in [6.45, 7) is 4.01. The van der Waals surface area contributed by atoms with Crippen LogP contribution >= 0.6 is 0 Å². The number of diazo groups is 1. The third kappa shape index (κ3) is 4.40. The Morgan fingerprint density at radius 3 is 1.92 bits per heavy atom. The first-order valence-electron chi connectivity index (χ1n) is 8.75. The molecule has 0 bridgehead atoms. The van der Waals surface area contributed by atoms with Gasteiger partial charge in [-0.2, -0.15) is 0 Å². The molecule has 0 atom stereocenters. The van der Waals surface area contributed by atoms with Gasteiger partial charge in [-0.15, -0.1) is 0 Å². The van der Waals surface area contributed by atoms with Crippen LogP contribution in [-0.2, 0) is 13.1 Å². The monoisotopic (exact) mass is 344 g/mol. The number of hydrogen-bond donors (Lipinski definition) is 0. The third-order valence-electron chi connectivity index (χ3n) is 4.13. The van der Waals surface area contributed by atoms with Crippen molar-refractivity contribution in [1.82, 2.24) is 0 Å². The van der Waals surface area contributed by atoms with Crippen molar-refractivity contribution in [2.75, 3.05) is 11.5 Å². The minimum Gasteiger partial charge on any atom is -0.491 e. The summed E-state index contributed by atoms with van der Waals surface area (Å²) in [6, 6.07) is 26.2. The van der Waals surface area contributed by atoms with Crippen molar-refractivity contribution < 1.29 is 4.74 Å². The van der Waals surface area contributed by atoms with Crippen molar-refractivity contribution in [3.8, 4) is 5.75 Å². The molecule has 0 saturated carbocycles. The second-order valence-electron chi connectivity index (χ2n) is 6.01. The van der Waals surface area contributed by atoms with E-state index in [1.165, 1.54) is 11.1 Å². The molecule has 0 aliphatic rings. The molecule has 3 aromatic carbocycles. The minimum atomic E-state index is 0.483. The highest BCUT2D eigenvalue weighted by molar-refractivity contribution is 5.65. The molecule has 0 aliphatic carbocycles. The quantitative estimate of drug-likeness (QED) is 0.510. The lowest BCUT2D eigenvalue weighted by Gasteiger charge is -2.27. The Labute approximate surface area is 154 Å². The van der Waals surface area contributed by atoms with Gasteiger partial charge in [-0.3, -0.25) is 0 Å². The topological polar surface area (TPSA) is 40.6 Å². The zero-order chi connectivity index (χ0) is 18.2. The highest BCUT2D eigenvalue weighted by atomic mass is 16.5. The van der Waals surface area contributed by atoms with Crippen LogP contribution in [-0.4, -0.2) is 6.61 Å². The lowest BCUT2D eigenvalue weighted by atomic mass is 10.1. The van der Waals surface area contributed by atoms with E-state index in [0.29, 0.717) is 12.3 Å². The van der Waals surface area contributed by atoms with Gasteiger partial charge in [0.2, 0.25) is 5.39 Å². The maximum atomic E-state index is 9.09. The van der Waals surface area contributed by atoms with Crippen molar-refractivity contribution in [1.29, 1.82) is 5.39 Å². The molecule has 0 fully saturated rings. The summed E-state index contributed by atoms with van der Waals surface area (Å²) in [5.74, 6) is 0.717. The van der Waals surface area contributed by atoms with Gasteiger partial charge in [0.1, 0.15) is 0 Å². The molecular formula is C22H22N3O+. The lowest BCUT2D eigenvalue weighted by Crippen LogP contribution is -2.22. The van der Waals surface area contributed by atoms with Gasteiger partial charge in [-0.05, 0) is 24.1 Å². The number of benzene rings is 3. The fraction of sp³-hybridized carbons (Fsp3) is 0.182. The Bertz CT molecular complexity index is 831. The summed E-state index contributed by atoms with van der Waals surface area (Å²) < 4.78 is 5.82. The number of anilines is 1. The van der Waals surface area contributed by atoms with Gasteiger partial charge >= 0.3 is 5.69 Å². The first kappa shape index (κ1) is 17.5. The number of hydrogen-bond acceptors (Lipinski definition) is 3. The van der Waals surface area contributed by atoms with Crippen molar-refractivity contribution in [3.63, 3.8) is 0 Å². The molecule has 130 valence electrons. The van der Waals surface area contributed by atoms with Crippen molar-refractivity contribution in [3.05, 3.63) is 95.0 Å². The highest BCUT2D eigenvalue weighted by Crippen LogP contribution is 2.34. The Kier molecular flexibility index (Phi) is 5.84. The van der Waals surface area contributed by atoms with Gasteiger partial charge in [0, 0.05) is 19.2 Å². The van der Waals surface area contributed by atoms with E-state index in [1.54, 1.807) is 12.1 Å². The van der Waals surface area contributed by atoms with Crippen LogP contribution in [0.1, 0.15) is 18.1 Å². The van der Waals surface area contributed by atoms with E-state index in [4.69, 9.17) is 10.1 Å². The summed E-state index contributed by atoms with van der Waals surface area (Å²) in [4.78, 5) is 5.56. The fourth-order valence-corrected chi connectivity index (χ4v) is 2.93. The molecule has 0 saturated heterocycles. The molecule has 0 aromatic heterocycles. The van der Waals surface area contributed by atoms with Gasteiger partial charge < -0.3 is 9.64 Å². The maximum Gasteiger partial charge on any atom is 0.388 e. The van der Waals surface area contributed by atoms with Crippen LogP contribution in [0, 0.1) is 5.39 Å². The van der Waals surface area contributed by atoms with Gasteiger partial charge in [0.25, 0.3) is 0 Å². The van der Waals surface area contributed by atoms with Crippen LogP contribution in [0.4, 0.5) is 11.4 Å². The predicted molar refractivity (Wildman–Crippen MR) is 105 cm³/mol. The fourth-order valence-electron chi connectivity index (χ4n) is 2.93. The van der Waals surface area contributed by atoms with E-state index < -0.39 is 0 Å². The molecule has 0 radical (unpaired) electrons. The molecule has 4 nitrogen and oxygen atoms in total. The summed E-state index contributed by atoms with van der Waals surface area (Å²) >= 11 is 0. The van der Waals surface area contributed by atoms with Crippen LogP contribution in [0.15, 0.2) is 78.9 Å². The Balaban J connectivity index is 1.98. The zero-order valence-electron chi connectivity index (χ0n) is 14.9. The van der Waals surface area contributed by atoms with E-state index in [9.17, 15) is 0 Å². The molecule has 26 heavy (non-hydrogen) atoms. The SMILES string of the molecule is CCOc1cc([N+]#N)ccc1N(Cc1ccccc1)Cc1ccccc1. The van der Waals surface area contributed by atoms with E-state index in [-0.39, 0.29) is 0 Å². The Hall–Kier alpha value is -3.32. The molecule has 3 rings (SSSR count). The number of nitrogens with zero attached hydrogens (tertiary/aromatic N) is 3. The van der Waals surface area contributed by atoms with Crippen LogP contribution in [0.3, 0.4) is 0 Å². The van der Waals surface area contributed by atoms with E-state index in [2.05, 4.69) is 34.1 Å². The van der Waals surface area contributed by atoms with Crippen molar-refractivity contribution >= 4 is 11.4 Å². The standard InChI is InChI=1S/C22H22N3O/c1-2-26-22-15-20(24-23)13-14-21(22)25(16-18-9-5-3-6-10-18)17-19-11-7-4-8-12-19/h3-15H,2,16-17H2,1H3/q+1. The molecule has 0 aliphatic heterocycles. The second kappa shape index (κ2) is 8.68. The van der Waals surface area contributed by atoms with Gasteiger partial charge in [-0.1, -0.05) is 60.7 Å². The third-order valence-corrected chi connectivity index (χ3v) is 4.13. The molecule has 4 heteroatoms. The second-order valence-corrected chi connectivity index (χ2v) is 6.01. The molecule has 0 heterocycles. The first-order valence-corrected chi connectivity index (χ1v) is 8.75. The average molecular weight is 344 g/mol. The molecule has 0 unspecified atom stereocenters. The predicted octanol–water partition coefficient (Wildman–Crippen LogP) is 5.78. The van der Waals surface area contributed by atoms with E-state index in [1.807, 2.05) is 49.4 Å². The summed E-state index contributed by atoms with van der Waals surface area (Å²) in [5.41, 5.74) is 3.91. The number of rotatable bonds is 7. The first-order chi connectivity index (χ1) is 12.8. The molecular weight excluding hydrogens is 322 g/mol. The van der Waals surface area contributed by atoms with Crippen LogP contribution in [0.25, 0.3) is 4.98 Å². The summed E-state index contributed by atoms with van der Waals surface area (Å²) in [7, 11) is 0. The molecule has 3 aromatic rings. The van der Waals surface area contributed by atoms with E-state index >= 15 is 0 Å². The zero-order valence-corrected chi connectivity index (χ0v) is 14.9. The van der Waals surface area contributed by atoms with Crippen LogP contribution < -0.4 is 9.64 Å².